The molecule has 0 fully saturated rings. The first-order valence-electron chi connectivity index (χ1n) is 9.06. The van der Waals surface area contributed by atoms with Crippen molar-refractivity contribution in [3.8, 4) is 0 Å². The summed E-state index contributed by atoms with van der Waals surface area (Å²) in [4.78, 5) is 29.7. The van der Waals surface area contributed by atoms with Gasteiger partial charge in [0.25, 0.3) is 5.56 Å². The number of aromatic nitrogens is 2. The Bertz CT molecular complexity index is 968. The average molecular weight is 403 g/mol. The third-order valence-electron chi connectivity index (χ3n) is 4.59. The number of nitrogen functional groups attached to an aromatic ring is 1. The molecule has 1 atom stereocenters. The Morgan fingerprint density at radius 2 is 2.07 bits per heavy atom. The quantitative estimate of drug-likeness (QED) is 0.433. The van der Waals surface area contributed by atoms with Gasteiger partial charge in [0.2, 0.25) is 5.91 Å². The largest absolute Gasteiger partial charge is 0.384 e. The van der Waals surface area contributed by atoms with E-state index in [0.29, 0.717) is 30.6 Å². The highest BCUT2D eigenvalue weighted by atomic mass is 35.5. The SMILES string of the molecule is CC(C)Nc1nc(Cl)c2n(c1=O)C(C(=O)NCc1ccc(C(=N)N)cc1)CC2. The second-order valence-electron chi connectivity index (χ2n) is 7.05. The lowest BCUT2D eigenvalue weighted by molar-refractivity contribution is -0.124. The molecule has 1 amide bonds. The normalized spacial score (nSPS) is 15.4. The number of amides is 1. The molecule has 1 aromatic carbocycles. The maximum absolute atomic E-state index is 12.8. The number of nitrogens with one attached hydrogen (secondary N) is 3. The number of carbonyl (C=O) groups is 1. The average Bonchev–Trinajstić information content (AvgIpc) is 3.10. The van der Waals surface area contributed by atoms with E-state index in [0.717, 1.165) is 5.56 Å². The molecule has 148 valence electrons. The Balaban J connectivity index is 1.77. The number of anilines is 1. The predicted molar refractivity (Wildman–Crippen MR) is 109 cm³/mol. The van der Waals surface area contributed by atoms with Gasteiger partial charge in [-0.15, -0.1) is 0 Å². The van der Waals surface area contributed by atoms with Gasteiger partial charge in [0.1, 0.15) is 11.9 Å². The van der Waals surface area contributed by atoms with Gasteiger partial charge >= 0.3 is 0 Å². The second kappa shape index (κ2) is 8.02. The molecule has 0 bridgehead atoms. The van der Waals surface area contributed by atoms with Gasteiger partial charge in [-0.25, -0.2) is 4.98 Å². The molecule has 8 nitrogen and oxygen atoms in total. The van der Waals surface area contributed by atoms with Gasteiger partial charge in [-0.05, 0) is 32.3 Å². The fraction of sp³-hybridized carbons (Fsp3) is 0.368. The van der Waals surface area contributed by atoms with Crippen LogP contribution in [0.5, 0.6) is 0 Å². The molecule has 2 aromatic rings. The van der Waals surface area contributed by atoms with Crippen molar-refractivity contribution in [2.75, 3.05) is 5.32 Å². The summed E-state index contributed by atoms with van der Waals surface area (Å²) in [6.07, 6.45) is 1.02. The lowest BCUT2D eigenvalue weighted by Gasteiger charge is -2.17. The van der Waals surface area contributed by atoms with Gasteiger partial charge in [0, 0.05) is 18.2 Å². The van der Waals surface area contributed by atoms with Crippen LogP contribution in [-0.4, -0.2) is 27.3 Å². The molecule has 0 spiro atoms. The monoisotopic (exact) mass is 402 g/mol. The first-order chi connectivity index (χ1) is 13.3. The molecular weight excluding hydrogens is 380 g/mol. The number of rotatable bonds is 6. The molecule has 3 rings (SSSR count). The van der Waals surface area contributed by atoms with E-state index in [9.17, 15) is 9.59 Å². The standard InChI is InChI=1S/C19H23ClN6O2/c1-10(2)24-17-19(28)26-13(15(20)25-17)7-8-14(26)18(27)23-9-11-3-5-12(6-4-11)16(21)22/h3-6,10,14H,7-9H2,1-2H3,(H3,21,22)(H,23,27)(H,24,25). The summed E-state index contributed by atoms with van der Waals surface area (Å²) in [5.41, 5.74) is 7.19. The van der Waals surface area contributed by atoms with Crippen LogP contribution in [0.4, 0.5) is 5.82 Å². The Morgan fingerprint density at radius 3 is 2.68 bits per heavy atom. The molecule has 5 N–H and O–H groups in total. The van der Waals surface area contributed by atoms with E-state index in [4.69, 9.17) is 22.7 Å². The molecule has 0 saturated carbocycles. The van der Waals surface area contributed by atoms with Crippen molar-refractivity contribution < 1.29 is 4.79 Å². The van der Waals surface area contributed by atoms with E-state index >= 15 is 0 Å². The highest BCUT2D eigenvalue weighted by molar-refractivity contribution is 6.30. The van der Waals surface area contributed by atoms with E-state index in [1.54, 1.807) is 24.3 Å². The number of fused-ring (bicyclic) bond motifs is 1. The van der Waals surface area contributed by atoms with Crippen molar-refractivity contribution in [1.82, 2.24) is 14.9 Å². The molecule has 0 radical (unpaired) electrons. The van der Waals surface area contributed by atoms with E-state index < -0.39 is 6.04 Å². The second-order valence-corrected chi connectivity index (χ2v) is 7.41. The van der Waals surface area contributed by atoms with E-state index in [-0.39, 0.29) is 34.3 Å². The van der Waals surface area contributed by atoms with Crippen LogP contribution in [0.2, 0.25) is 5.15 Å². The third-order valence-corrected chi connectivity index (χ3v) is 4.89. The summed E-state index contributed by atoms with van der Waals surface area (Å²) in [5, 5.41) is 13.5. The first kappa shape index (κ1) is 19.9. The fourth-order valence-corrected chi connectivity index (χ4v) is 3.50. The summed E-state index contributed by atoms with van der Waals surface area (Å²) in [7, 11) is 0. The Morgan fingerprint density at radius 1 is 1.39 bits per heavy atom. The molecule has 2 heterocycles. The van der Waals surface area contributed by atoms with Crippen LogP contribution in [0.1, 0.15) is 43.1 Å². The zero-order valence-electron chi connectivity index (χ0n) is 15.8. The molecule has 1 aromatic heterocycles. The molecule has 1 unspecified atom stereocenters. The van der Waals surface area contributed by atoms with Crippen LogP contribution in [0, 0.1) is 5.41 Å². The molecule has 0 saturated heterocycles. The Hall–Kier alpha value is -2.87. The topological polar surface area (TPSA) is 126 Å². The minimum atomic E-state index is -0.618. The summed E-state index contributed by atoms with van der Waals surface area (Å²) in [5.74, 6) is -0.0913. The predicted octanol–water partition coefficient (Wildman–Crippen LogP) is 1.80. The van der Waals surface area contributed by atoms with E-state index in [1.165, 1.54) is 4.57 Å². The molecule has 1 aliphatic rings. The van der Waals surface area contributed by atoms with Crippen molar-refractivity contribution in [3.63, 3.8) is 0 Å². The lowest BCUT2D eigenvalue weighted by Crippen LogP contribution is -2.37. The number of hydrogen-bond donors (Lipinski definition) is 4. The van der Waals surface area contributed by atoms with E-state index in [1.807, 2.05) is 13.8 Å². The number of carbonyl (C=O) groups excluding carboxylic acids is 1. The lowest BCUT2D eigenvalue weighted by atomic mass is 10.1. The Kier molecular flexibility index (Phi) is 5.69. The van der Waals surface area contributed by atoms with Gasteiger partial charge in [-0.3, -0.25) is 19.6 Å². The number of halogens is 1. The van der Waals surface area contributed by atoms with Crippen molar-refractivity contribution in [2.24, 2.45) is 5.73 Å². The molecule has 9 heteroatoms. The number of nitrogens with zero attached hydrogens (tertiary/aromatic N) is 2. The van der Waals surface area contributed by atoms with Crippen molar-refractivity contribution in [2.45, 2.75) is 45.3 Å². The number of hydrogen-bond acceptors (Lipinski definition) is 5. The summed E-state index contributed by atoms with van der Waals surface area (Å²) >= 11 is 6.24. The minimum absolute atomic E-state index is 0.00572. The fourth-order valence-electron chi connectivity index (χ4n) is 3.23. The van der Waals surface area contributed by atoms with Gasteiger partial charge < -0.3 is 16.4 Å². The van der Waals surface area contributed by atoms with Crippen LogP contribution in [0.15, 0.2) is 29.1 Å². The maximum atomic E-state index is 12.8. The van der Waals surface area contributed by atoms with E-state index in [2.05, 4.69) is 15.6 Å². The maximum Gasteiger partial charge on any atom is 0.294 e. The Labute approximate surface area is 167 Å². The summed E-state index contributed by atoms with van der Waals surface area (Å²) < 4.78 is 1.45. The van der Waals surface area contributed by atoms with Crippen LogP contribution in [0.25, 0.3) is 0 Å². The zero-order chi connectivity index (χ0) is 20.4. The molecule has 1 aliphatic heterocycles. The van der Waals surface area contributed by atoms with Crippen LogP contribution >= 0.6 is 11.6 Å². The van der Waals surface area contributed by atoms with Gasteiger partial charge in [-0.1, -0.05) is 35.9 Å². The molecular formula is C19H23ClN6O2. The van der Waals surface area contributed by atoms with Gasteiger partial charge in [0.05, 0.1) is 5.69 Å². The van der Waals surface area contributed by atoms with Crippen molar-refractivity contribution in [1.29, 1.82) is 5.41 Å². The van der Waals surface area contributed by atoms with Gasteiger partial charge in [0.15, 0.2) is 11.0 Å². The zero-order valence-corrected chi connectivity index (χ0v) is 16.5. The van der Waals surface area contributed by atoms with Gasteiger partial charge in [-0.2, -0.15) is 0 Å². The van der Waals surface area contributed by atoms with Crippen LogP contribution in [-0.2, 0) is 17.8 Å². The smallest absolute Gasteiger partial charge is 0.294 e. The van der Waals surface area contributed by atoms with Crippen LogP contribution in [0.3, 0.4) is 0 Å². The highest BCUT2D eigenvalue weighted by Gasteiger charge is 2.32. The summed E-state index contributed by atoms with van der Waals surface area (Å²) in [6.45, 7) is 4.11. The minimum Gasteiger partial charge on any atom is -0.384 e. The van der Waals surface area contributed by atoms with Crippen LogP contribution < -0.4 is 21.9 Å². The summed E-state index contributed by atoms with van der Waals surface area (Å²) in [6, 6.07) is 6.46. The molecule has 28 heavy (non-hydrogen) atoms. The number of amidine groups is 1. The van der Waals surface area contributed by atoms with Crippen molar-refractivity contribution in [3.05, 3.63) is 56.6 Å². The third kappa shape index (κ3) is 4.01. The number of nitrogens with two attached hydrogens (primary N) is 1. The first-order valence-corrected chi connectivity index (χ1v) is 9.44. The molecule has 0 aliphatic carbocycles. The number of benzene rings is 1. The highest BCUT2D eigenvalue weighted by Crippen LogP contribution is 2.29. The van der Waals surface area contributed by atoms with Crippen molar-refractivity contribution >= 4 is 29.2 Å².